The van der Waals surface area contributed by atoms with Crippen molar-refractivity contribution in [2.45, 2.75) is 13.8 Å². The van der Waals surface area contributed by atoms with Crippen molar-refractivity contribution < 1.29 is 0 Å². The zero-order valence-electron chi connectivity index (χ0n) is 17.7. The lowest BCUT2D eigenvalue weighted by molar-refractivity contribution is 0.911. The fraction of sp³-hybridized carbons (Fsp3) is 0.111. The zero-order chi connectivity index (χ0) is 20.9. The van der Waals surface area contributed by atoms with Gasteiger partial charge in [-0.15, -0.1) is 0 Å². The molecule has 0 saturated heterocycles. The third-order valence-electron chi connectivity index (χ3n) is 5.27. The van der Waals surface area contributed by atoms with Gasteiger partial charge in [0.25, 0.3) is 0 Å². The Morgan fingerprint density at radius 3 is 1.23 bits per heavy atom. The Labute approximate surface area is 183 Å². The SMILES string of the molecule is Cc1ccccc1P(c1ccccc1C)N(C)P(c1ccccc1)c1ccccc1. The molecule has 4 aromatic rings. The first kappa shape index (κ1) is 21.0. The maximum Gasteiger partial charge on any atom is 0.0325 e. The van der Waals surface area contributed by atoms with E-state index in [0.717, 1.165) is 0 Å². The predicted molar refractivity (Wildman–Crippen MR) is 135 cm³/mol. The molecule has 0 N–H and O–H groups in total. The van der Waals surface area contributed by atoms with Crippen LogP contribution in [0.5, 0.6) is 0 Å². The van der Waals surface area contributed by atoms with Gasteiger partial charge in [0.2, 0.25) is 0 Å². The number of hydrogen-bond acceptors (Lipinski definition) is 1. The van der Waals surface area contributed by atoms with Gasteiger partial charge >= 0.3 is 0 Å². The van der Waals surface area contributed by atoms with Crippen molar-refractivity contribution in [3.8, 4) is 0 Å². The summed E-state index contributed by atoms with van der Waals surface area (Å²) in [6.07, 6.45) is 0. The van der Waals surface area contributed by atoms with Gasteiger partial charge in [-0.1, -0.05) is 109 Å². The second-order valence-electron chi connectivity index (χ2n) is 7.36. The van der Waals surface area contributed by atoms with E-state index in [2.05, 4.69) is 135 Å². The average Bonchev–Trinajstić information content (AvgIpc) is 2.78. The second kappa shape index (κ2) is 9.67. The standard InChI is InChI=1S/C27H27NP2/c1-22-14-10-12-20-26(22)30(27-21-13-11-15-23(27)2)28(3)29(24-16-6-4-7-17-24)25-18-8-5-9-19-25/h4-21H,1-3H3. The van der Waals surface area contributed by atoms with Gasteiger partial charge in [-0.05, 0) is 53.2 Å². The quantitative estimate of drug-likeness (QED) is 0.361. The summed E-state index contributed by atoms with van der Waals surface area (Å²) in [4.78, 5) is 0. The molecule has 150 valence electrons. The summed E-state index contributed by atoms with van der Waals surface area (Å²) >= 11 is 0. The molecule has 0 atom stereocenters. The normalized spacial score (nSPS) is 11.4. The molecule has 4 rings (SSSR count). The van der Waals surface area contributed by atoms with Gasteiger partial charge in [0.05, 0.1) is 0 Å². The van der Waals surface area contributed by atoms with Crippen LogP contribution in [0.2, 0.25) is 0 Å². The molecule has 3 heteroatoms. The van der Waals surface area contributed by atoms with E-state index < -0.39 is 16.1 Å². The van der Waals surface area contributed by atoms with Crippen LogP contribution in [0.3, 0.4) is 0 Å². The Balaban J connectivity index is 1.90. The number of hydrogen-bond donors (Lipinski definition) is 0. The molecule has 0 unspecified atom stereocenters. The number of nitrogens with zero attached hydrogens (tertiary/aromatic N) is 1. The van der Waals surface area contributed by atoms with Crippen LogP contribution in [0.25, 0.3) is 0 Å². The lowest BCUT2D eigenvalue weighted by atomic mass is 10.2. The minimum atomic E-state index is -0.678. The molecule has 0 fully saturated rings. The van der Waals surface area contributed by atoms with Gasteiger partial charge in [-0.3, -0.25) is 0 Å². The maximum atomic E-state index is 2.65. The van der Waals surface area contributed by atoms with Crippen molar-refractivity contribution in [3.05, 3.63) is 120 Å². The summed E-state index contributed by atoms with van der Waals surface area (Å²) in [5.41, 5.74) is 2.71. The van der Waals surface area contributed by atoms with Crippen molar-refractivity contribution in [1.29, 1.82) is 0 Å². The van der Waals surface area contributed by atoms with Crippen molar-refractivity contribution in [2.24, 2.45) is 0 Å². The summed E-state index contributed by atoms with van der Waals surface area (Å²) in [5, 5.41) is 5.64. The third-order valence-corrected chi connectivity index (χ3v) is 11.0. The van der Waals surface area contributed by atoms with E-state index in [1.807, 2.05) is 0 Å². The van der Waals surface area contributed by atoms with E-state index in [1.165, 1.54) is 32.3 Å². The molecule has 0 radical (unpaired) electrons. The summed E-state index contributed by atoms with van der Waals surface area (Å²) in [6.45, 7) is 4.48. The highest BCUT2D eigenvalue weighted by atomic mass is 31.2. The van der Waals surface area contributed by atoms with Crippen LogP contribution in [0.4, 0.5) is 0 Å². The first-order chi connectivity index (χ1) is 14.7. The lowest BCUT2D eigenvalue weighted by Gasteiger charge is -2.37. The van der Waals surface area contributed by atoms with E-state index in [4.69, 9.17) is 0 Å². The maximum absolute atomic E-state index is 2.65. The topological polar surface area (TPSA) is 3.24 Å². The Kier molecular flexibility index (Phi) is 6.76. The highest BCUT2D eigenvalue weighted by molar-refractivity contribution is 7.84. The molecule has 0 amide bonds. The largest absolute Gasteiger partial charge is 0.248 e. The molecule has 1 nitrogen and oxygen atoms in total. The summed E-state index contributed by atoms with van der Waals surface area (Å²) in [7, 11) is 0.976. The van der Waals surface area contributed by atoms with E-state index >= 15 is 0 Å². The number of aryl methyl sites for hydroxylation is 2. The Hall–Kier alpha value is -2.30. The van der Waals surface area contributed by atoms with Crippen molar-refractivity contribution >= 4 is 37.4 Å². The van der Waals surface area contributed by atoms with E-state index in [-0.39, 0.29) is 0 Å². The van der Waals surface area contributed by atoms with Crippen LogP contribution in [-0.4, -0.2) is 11.5 Å². The van der Waals surface area contributed by atoms with Crippen LogP contribution >= 0.6 is 16.1 Å². The summed E-state index contributed by atoms with van der Waals surface area (Å²) < 4.78 is 2.65. The van der Waals surface area contributed by atoms with Gasteiger partial charge < -0.3 is 0 Å². The molecule has 0 spiro atoms. The first-order valence-corrected chi connectivity index (χ1v) is 12.8. The predicted octanol–water partition coefficient (Wildman–Crippen LogP) is 5.63. The first-order valence-electron chi connectivity index (χ1n) is 10.2. The fourth-order valence-electron chi connectivity index (χ4n) is 3.75. The molecule has 30 heavy (non-hydrogen) atoms. The van der Waals surface area contributed by atoms with Crippen LogP contribution < -0.4 is 21.2 Å². The molecule has 0 aliphatic heterocycles. The van der Waals surface area contributed by atoms with Crippen molar-refractivity contribution in [3.63, 3.8) is 0 Å². The second-order valence-corrected chi connectivity index (χ2v) is 12.1. The van der Waals surface area contributed by atoms with Crippen LogP contribution in [0.1, 0.15) is 11.1 Å². The molecule has 0 saturated carbocycles. The Morgan fingerprint density at radius 1 is 0.467 bits per heavy atom. The summed E-state index contributed by atoms with van der Waals surface area (Å²) in [5.74, 6) is 0. The smallest absolute Gasteiger partial charge is 0.0325 e. The summed E-state index contributed by atoms with van der Waals surface area (Å²) in [6, 6.07) is 39.7. The Bertz CT molecular complexity index is 1010. The highest BCUT2D eigenvalue weighted by Gasteiger charge is 2.29. The molecule has 0 bridgehead atoms. The molecule has 4 aromatic carbocycles. The van der Waals surface area contributed by atoms with Gasteiger partial charge in [0, 0.05) is 16.1 Å². The third kappa shape index (κ3) is 4.40. The van der Waals surface area contributed by atoms with Crippen LogP contribution in [-0.2, 0) is 0 Å². The highest BCUT2D eigenvalue weighted by Crippen LogP contribution is 2.53. The van der Waals surface area contributed by atoms with Crippen molar-refractivity contribution in [1.82, 2.24) is 4.44 Å². The van der Waals surface area contributed by atoms with Gasteiger partial charge in [0.15, 0.2) is 0 Å². The molecule has 0 aliphatic carbocycles. The average molecular weight is 427 g/mol. The zero-order valence-corrected chi connectivity index (χ0v) is 19.5. The van der Waals surface area contributed by atoms with Gasteiger partial charge in [-0.2, -0.15) is 0 Å². The molecule has 0 aromatic heterocycles. The van der Waals surface area contributed by atoms with Crippen LogP contribution in [0, 0.1) is 13.8 Å². The number of benzene rings is 4. The van der Waals surface area contributed by atoms with E-state index in [0.29, 0.717) is 0 Å². The van der Waals surface area contributed by atoms with Gasteiger partial charge in [0.1, 0.15) is 0 Å². The van der Waals surface area contributed by atoms with Gasteiger partial charge in [-0.25, -0.2) is 4.44 Å². The fourth-order valence-corrected chi connectivity index (χ4v) is 9.70. The minimum Gasteiger partial charge on any atom is -0.248 e. The van der Waals surface area contributed by atoms with E-state index in [1.54, 1.807) is 0 Å². The Morgan fingerprint density at radius 2 is 0.833 bits per heavy atom. The molecular weight excluding hydrogens is 400 g/mol. The molecule has 0 heterocycles. The van der Waals surface area contributed by atoms with Crippen molar-refractivity contribution in [2.75, 3.05) is 7.05 Å². The number of rotatable bonds is 6. The lowest BCUT2D eigenvalue weighted by Crippen LogP contribution is -2.30. The molecular formula is C27H27NP2. The minimum absolute atomic E-state index is 0.661. The monoisotopic (exact) mass is 427 g/mol. The van der Waals surface area contributed by atoms with Crippen LogP contribution in [0.15, 0.2) is 109 Å². The van der Waals surface area contributed by atoms with E-state index in [9.17, 15) is 0 Å². The molecule has 0 aliphatic rings.